The highest BCUT2D eigenvalue weighted by Crippen LogP contribution is 2.42. The molecule has 0 spiro atoms. The molecule has 1 fully saturated rings. The highest BCUT2D eigenvalue weighted by atomic mass is 16.3. The second kappa shape index (κ2) is 4.48. The number of aliphatic hydroxyl groups excluding tert-OH is 1. The average molecular weight is 210 g/mol. The Hall–Kier alpha value is -0.630. The van der Waals surface area contributed by atoms with E-state index in [9.17, 15) is 9.90 Å². The molecule has 1 N–H and O–H groups in total. The molecular formula is C13H22O2. The maximum atomic E-state index is 11.5. The monoisotopic (exact) mass is 210 g/mol. The standard InChI is InChI=1S/C13H22O2/c1-9-7-11(15)8-13(3,4)12(9)6-5-10(2)14/h6,9-10,14H,5,7-8H2,1-4H3/b12-6+. The summed E-state index contributed by atoms with van der Waals surface area (Å²) in [7, 11) is 0. The first-order chi connectivity index (χ1) is 6.83. The normalized spacial score (nSPS) is 30.6. The van der Waals surface area contributed by atoms with Gasteiger partial charge >= 0.3 is 0 Å². The summed E-state index contributed by atoms with van der Waals surface area (Å²) < 4.78 is 0. The Morgan fingerprint density at radius 3 is 2.67 bits per heavy atom. The minimum Gasteiger partial charge on any atom is -0.393 e. The summed E-state index contributed by atoms with van der Waals surface area (Å²) in [5.74, 6) is 0.696. The van der Waals surface area contributed by atoms with E-state index in [-0.39, 0.29) is 11.5 Å². The summed E-state index contributed by atoms with van der Waals surface area (Å²) >= 11 is 0. The van der Waals surface area contributed by atoms with Crippen molar-refractivity contribution in [1.29, 1.82) is 0 Å². The smallest absolute Gasteiger partial charge is 0.134 e. The summed E-state index contributed by atoms with van der Waals surface area (Å²) in [4.78, 5) is 11.5. The van der Waals surface area contributed by atoms with E-state index >= 15 is 0 Å². The summed E-state index contributed by atoms with van der Waals surface area (Å²) in [6, 6.07) is 0. The fourth-order valence-electron chi connectivity index (χ4n) is 2.56. The molecule has 2 atom stereocenters. The van der Waals surface area contributed by atoms with Crippen LogP contribution in [-0.4, -0.2) is 17.0 Å². The van der Waals surface area contributed by atoms with Crippen LogP contribution >= 0.6 is 0 Å². The molecule has 0 bridgehead atoms. The quantitative estimate of drug-likeness (QED) is 0.711. The van der Waals surface area contributed by atoms with Crippen LogP contribution in [0.2, 0.25) is 0 Å². The molecule has 0 amide bonds. The molecule has 0 saturated heterocycles. The van der Waals surface area contributed by atoms with Crippen LogP contribution in [-0.2, 0) is 4.79 Å². The summed E-state index contributed by atoms with van der Waals surface area (Å²) in [6.07, 6.45) is 3.83. The Morgan fingerprint density at radius 2 is 2.20 bits per heavy atom. The summed E-state index contributed by atoms with van der Waals surface area (Å²) in [5.41, 5.74) is 1.31. The molecule has 1 aliphatic rings. The van der Waals surface area contributed by atoms with E-state index in [0.717, 1.165) is 0 Å². The molecule has 0 aromatic heterocycles. The number of carbonyl (C=O) groups is 1. The van der Waals surface area contributed by atoms with E-state index in [1.807, 2.05) is 0 Å². The molecule has 15 heavy (non-hydrogen) atoms. The third-order valence-electron chi connectivity index (χ3n) is 3.16. The van der Waals surface area contributed by atoms with E-state index in [4.69, 9.17) is 0 Å². The third-order valence-corrected chi connectivity index (χ3v) is 3.16. The van der Waals surface area contributed by atoms with E-state index in [2.05, 4.69) is 26.8 Å². The summed E-state index contributed by atoms with van der Waals surface area (Å²) in [5, 5.41) is 9.28. The van der Waals surface area contributed by atoms with Gasteiger partial charge in [0, 0.05) is 12.8 Å². The first kappa shape index (κ1) is 12.4. The molecule has 1 saturated carbocycles. The zero-order chi connectivity index (χ0) is 11.6. The predicted molar refractivity (Wildman–Crippen MR) is 61.6 cm³/mol. The Balaban J connectivity index is 2.84. The fourth-order valence-corrected chi connectivity index (χ4v) is 2.56. The van der Waals surface area contributed by atoms with Crippen LogP contribution in [0, 0.1) is 11.3 Å². The largest absolute Gasteiger partial charge is 0.393 e. The van der Waals surface area contributed by atoms with Crippen molar-refractivity contribution in [1.82, 2.24) is 0 Å². The number of hydrogen-bond acceptors (Lipinski definition) is 2. The molecule has 2 heteroatoms. The van der Waals surface area contributed by atoms with E-state index in [1.54, 1.807) is 6.92 Å². The summed E-state index contributed by atoms with van der Waals surface area (Å²) in [6.45, 7) is 8.14. The predicted octanol–water partition coefficient (Wildman–Crippen LogP) is 2.71. The molecule has 0 heterocycles. The first-order valence-corrected chi connectivity index (χ1v) is 5.73. The van der Waals surface area contributed by atoms with Crippen molar-refractivity contribution in [3.8, 4) is 0 Å². The van der Waals surface area contributed by atoms with Crippen LogP contribution in [0.4, 0.5) is 0 Å². The lowest BCUT2D eigenvalue weighted by molar-refractivity contribution is -0.122. The molecule has 86 valence electrons. The Labute approximate surface area is 92.4 Å². The van der Waals surface area contributed by atoms with Gasteiger partial charge in [-0.1, -0.05) is 32.4 Å². The van der Waals surface area contributed by atoms with Crippen molar-refractivity contribution in [3.63, 3.8) is 0 Å². The van der Waals surface area contributed by atoms with Crippen LogP contribution < -0.4 is 0 Å². The van der Waals surface area contributed by atoms with Gasteiger partial charge in [-0.2, -0.15) is 0 Å². The van der Waals surface area contributed by atoms with Crippen LogP contribution in [0.25, 0.3) is 0 Å². The lowest BCUT2D eigenvalue weighted by atomic mass is 9.67. The molecule has 0 aliphatic heterocycles. The molecule has 1 rings (SSSR count). The van der Waals surface area contributed by atoms with E-state index in [0.29, 0.717) is 31.0 Å². The molecule has 2 unspecified atom stereocenters. The highest BCUT2D eigenvalue weighted by molar-refractivity contribution is 5.81. The number of hydrogen-bond donors (Lipinski definition) is 1. The number of ketones is 1. The van der Waals surface area contributed by atoms with Crippen molar-refractivity contribution in [2.75, 3.05) is 0 Å². The minimum absolute atomic E-state index is 0.0242. The van der Waals surface area contributed by atoms with Crippen molar-refractivity contribution in [2.45, 2.75) is 53.1 Å². The fraction of sp³-hybridized carbons (Fsp3) is 0.769. The Bertz CT molecular complexity index is 274. The van der Waals surface area contributed by atoms with E-state index < -0.39 is 0 Å². The maximum Gasteiger partial charge on any atom is 0.134 e. The van der Waals surface area contributed by atoms with Gasteiger partial charge in [-0.25, -0.2) is 0 Å². The van der Waals surface area contributed by atoms with Gasteiger partial charge in [0.15, 0.2) is 0 Å². The Kier molecular flexibility index (Phi) is 3.72. The number of Topliss-reactive ketones (excluding diaryl/α,β-unsaturated/α-hetero) is 1. The van der Waals surface area contributed by atoms with Crippen molar-refractivity contribution in [3.05, 3.63) is 11.6 Å². The maximum absolute atomic E-state index is 11.5. The van der Waals surface area contributed by atoms with Gasteiger partial charge in [0.05, 0.1) is 6.10 Å². The third kappa shape index (κ3) is 3.16. The average Bonchev–Trinajstić information content (AvgIpc) is 1.98. The highest BCUT2D eigenvalue weighted by Gasteiger charge is 2.35. The lowest BCUT2D eigenvalue weighted by Crippen LogP contribution is -2.30. The van der Waals surface area contributed by atoms with Gasteiger partial charge in [-0.15, -0.1) is 0 Å². The van der Waals surface area contributed by atoms with Crippen LogP contribution in [0.3, 0.4) is 0 Å². The van der Waals surface area contributed by atoms with Crippen LogP contribution in [0.15, 0.2) is 11.6 Å². The van der Waals surface area contributed by atoms with Gasteiger partial charge < -0.3 is 5.11 Å². The van der Waals surface area contributed by atoms with Crippen molar-refractivity contribution < 1.29 is 9.90 Å². The van der Waals surface area contributed by atoms with Gasteiger partial charge in [0.25, 0.3) is 0 Å². The van der Waals surface area contributed by atoms with Crippen molar-refractivity contribution in [2.24, 2.45) is 11.3 Å². The molecule has 0 aromatic carbocycles. The number of aliphatic hydroxyl groups is 1. The first-order valence-electron chi connectivity index (χ1n) is 5.73. The number of allylic oxidation sites excluding steroid dienone is 1. The van der Waals surface area contributed by atoms with Crippen molar-refractivity contribution >= 4 is 5.78 Å². The Morgan fingerprint density at radius 1 is 1.60 bits per heavy atom. The van der Waals surface area contributed by atoms with Gasteiger partial charge in [-0.3, -0.25) is 4.79 Å². The zero-order valence-corrected chi connectivity index (χ0v) is 10.2. The van der Waals surface area contributed by atoms with Gasteiger partial charge in [-0.05, 0) is 24.7 Å². The topological polar surface area (TPSA) is 37.3 Å². The second-order valence-corrected chi connectivity index (χ2v) is 5.45. The molecule has 1 aliphatic carbocycles. The number of rotatable bonds is 2. The lowest BCUT2D eigenvalue weighted by Gasteiger charge is -2.36. The van der Waals surface area contributed by atoms with Gasteiger partial charge in [0.2, 0.25) is 0 Å². The zero-order valence-electron chi connectivity index (χ0n) is 10.2. The number of carbonyl (C=O) groups excluding carboxylic acids is 1. The minimum atomic E-state index is -0.293. The molecule has 0 aromatic rings. The van der Waals surface area contributed by atoms with Gasteiger partial charge in [0.1, 0.15) is 5.78 Å². The second-order valence-electron chi connectivity index (χ2n) is 5.45. The SMILES string of the molecule is CC(O)C/C=C1\C(C)CC(=O)CC1(C)C. The van der Waals surface area contributed by atoms with Crippen LogP contribution in [0.1, 0.15) is 47.0 Å². The molecular weight excluding hydrogens is 188 g/mol. The molecule has 0 radical (unpaired) electrons. The van der Waals surface area contributed by atoms with E-state index in [1.165, 1.54) is 5.57 Å². The van der Waals surface area contributed by atoms with Crippen LogP contribution in [0.5, 0.6) is 0 Å². The molecule has 2 nitrogen and oxygen atoms in total.